The van der Waals surface area contributed by atoms with Crippen molar-refractivity contribution in [3.05, 3.63) is 21.1 Å². The van der Waals surface area contributed by atoms with Crippen LogP contribution in [-0.2, 0) is 4.79 Å². The van der Waals surface area contributed by atoms with Gasteiger partial charge in [0.05, 0.1) is 23.2 Å². The van der Waals surface area contributed by atoms with E-state index in [1.165, 1.54) is 6.42 Å². The molecule has 1 aromatic carbocycles. The molecule has 0 radical (unpaired) electrons. The monoisotopic (exact) mass is 402 g/mol. The van der Waals surface area contributed by atoms with Gasteiger partial charge in [-0.3, -0.25) is 4.79 Å². The Morgan fingerprint density at radius 2 is 2.15 bits per heavy atom. The quantitative estimate of drug-likeness (QED) is 0.813. The highest BCUT2D eigenvalue weighted by Crippen LogP contribution is 2.37. The van der Waals surface area contributed by atoms with Gasteiger partial charge in [-0.25, -0.2) is 0 Å². The van der Waals surface area contributed by atoms with Crippen LogP contribution < -0.4 is 15.4 Å². The van der Waals surface area contributed by atoms with E-state index in [1.54, 1.807) is 7.11 Å². The molecule has 2 bridgehead atoms. The second-order valence-electron chi connectivity index (χ2n) is 5.35. The maximum atomic E-state index is 12.4. The number of fused-ring (bicyclic) bond motifs is 2. The molecule has 3 rings (SSSR count). The molecular weight excluding hydrogens is 388 g/mol. The van der Waals surface area contributed by atoms with Crippen LogP contribution in [0.25, 0.3) is 0 Å². The molecule has 0 aliphatic carbocycles. The summed E-state index contributed by atoms with van der Waals surface area (Å²) in [4.78, 5) is 12.4. The predicted molar refractivity (Wildman–Crippen MR) is 85.1 cm³/mol. The van der Waals surface area contributed by atoms with Crippen LogP contribution >= 0.6 is 31.9 Å². The van der Waals surface area contributed by atoms with Crippen LogP contribution in [0.15, 0.2) is 21.1 Å². The van der Waals surface area contributed by atoms with Crippen molar-refractivity contribution in [3.63, 3.8) is 0 Å². The summed E-state index contributed by atoms with van der Waals surface area (Å²) in [6, 6.07) is 4.58. The largest absolute Gasteiger partial charge is 0.495 e. The van der Waals surface area contributed by atoms with Gasteiger partial charge in [0.15, 0.2) is 0 Å². The lowest BCUT2D eigenvalue weighted by Gasteiger charge is -2.20. The molecule has 2 aliphatic heterocycles. The number of hydrogen-bond acceptors (Lipinski definition) is 3. The Kier molecular flexibility index (Phi) is 4.06. The third kappa shape index (κ3) is 2.61. The summed E-state index contributed by atoms with van der Waals surface area (Å²) in [5.74, 6) is 0.875. The Balaban J connectivity index is 1.76. The van der Waals surface area contributed by atoms with Gasteiger partial charge >= 0.3 is 0 Å². The molecule has 2 fully saturated rings. The van der Waals surface area contributed by atoms with Crippen molar-refractivity contribution in [3.8, 4) is 5.75 Å². The van der Waals surface area contributed by atoms with Gasteiger partial charge in [-0.05, 0) is 57.2 Å². The average molecular weight is 404 g/mol. The molecule has 6 heteroatoms. The zero-order chi connectivity index (χ0) is 14.3. The van der Waals surface area contributed by atoms with E-state index in [0.29, 0.717) is 17.8 Å². The third-order valence-electron chi connectivity index (χ3n) is 4.14. The zero-order valence-corrected chi connectivity index (χ0v) is 14.3. The molecule has 0 saturated carbocycles. The normalized spacial score (nSPS) is 27.6. The maximum Gasteiger partial charge on any atom is 0.229 e. The number of rotatable bonds is 3. The van der Waals surface area contributed by atoms with E-state index in [1.807, 2.05) is 12.1 Å². The van der Waals surface area contributed by atoms with Crippen LogP contribution in [0.3, 0.4) is 0 Å². The number of hydrogen-bond donors (Lipinski definition) is 2. The van der Waals surface area contributed by atoms with E-state index < -0.39 is 0 Å². The van der Waals surface area contributed by atoms with E-state index in [0.717, 1.165) is 27.5 Å². The Labute approximate surface area is 134 Å². The van der Waals surface area contributed by atoms with Gasteiger partial charge in [-0.1, -0.05) is 0 Å². The second-order valence-corrected chi connectivity index (χ2v) is 7.05. The van der Waals surface area contributed by atoms with Crippen LogP contribution in [-0.4, -0.2) is 25.1 Å². The highest BCUT2D eigenvalue weighted by molar-refractivity contribution is 9.11. The lowest BCUT2D eigenvalue weighted by Crippen LogP contribution is -2.32. The minimum Gasteiger partial charge on any atom is -0.495 e. The first-order chi connectivity index (χ1) is 9.58. The van der Waals surface area contributed by atoms with Crippen molar-refractivity contribution in [2.75, 3.05) is 12.4 Å². The number of benzene rings is 1. The van der Waals surface area contributed by atoms with E-state index in [9.17, 15) is 4.79 Å². The number of methoxy groups -OCH3 is 1. The van der Waals surface area contributed by atoms with Gasteiger partial charge in [-0.15, -0.1) is 0 Å². The lowest BCUT2D eigenvalue weighted by molar-refractivity contribution is -0.120. The SMILES string of the molecule is COc1cc(NC(=O)C2CC3CCC2N3)c(Br)cc1Br. The zero-order valence-electron chi connectivity index (χ0n) is 11.1. The summed E-state index contributed by atoms with van der Waals surface area (Å²) in [6.07, 6.45) is 3.25. The van der Waals surface area contributed by atoms with Crippen molar-refractivity contribution >= 4 is 43.5 Å². The first kappa shape index (κ1) is 14.4. The maximum absolute atomic E-state index is 12.4. The van der Waals surface area contributed by atoms with Crippen molar-refractivity contribution in [1.29, 1.82) is 0 Å². The highest BCUT2D eigenvalue weighted by atomic mass is 79.9. The van der Waals surface area contributed by atoms with Crippen LogP contribution in [0.4, 0.5) is 5.69 Å². The highest BCUT2D eigenvalue weighted by Gasteiger charge is 2.42. The molecule has 0 aromatic heterocycles. The molecule has 2 heterocycles. The van der Waals surface area contributed by atoms with E-state index >= 15 is 0 Å². The summed E-state index contributed by atoms with van der Waals surface area (Å²) >= 11 is 6.90. The molecule has 0 spiro atoms. The predicted octanol–water partition coefficient (Wildman–Crippen LogP) is 3.30. The van der Waals surface area contributed by atoms with Crippen LogP contribution in [0.2, 0.25) is 0 Å². The van der Waals surface area contributed by atoms with Gasteiger partial charge in [0, 0.05) is 22.6 Å². The smallest absolute Gasteiger partial charge is 0.229 e. The summed E-state index contributed by atoms with van der Waals surface area (Å²) < 4.78 is 6.96. The molecule has 1 amide bonds. The summed E-state index contributed by atoms with van der Waals surface area (Å²) in [6.45, 7) is 0. The lowest BCUT2D eigenvalue weighted by atomic mass is 9.88. The van der Waals surface area contributed by atoms with Gasteiger partial charge < -0.3 is 15.4 Å². The fourth-order valence-corrected chi connectivity index (χ4v) is 4.38. The molecule has 2 aliphatic rings. The van der Waals surface area contributed by atoms with Gasteiger partial charge in [-0.2, -0.15) is 0 Å². The van der Waals surface area contributed by atoms with E-state index in [2.05, 4.69) is 42.5 Å². The molecule has 3 atom stereocenters. The molecule has 4 nitrogen and oxygen atoms in total. The Morgan fingerprint density at radius 3 is 2.75 bits per heavy atom. The van der Waals surface area contributed by atoms with Crippen molar-refractivity contribution in [1.82, 2.24) is 5.32 Å². The molecule has 20 heavy (non-hydrogen) atoms. The fourth-order valence-electron chi connectivity index (χ4n) is 3.12. The van der Waals surface area contributed by atoms with Crippen molar-refractivity contribution in [2.24, 2.45) is 5.92 Å². The second kappa shape index (κ2) is 5.66. The summed E-state index contributed by atoms with van der Waals surface area (Å²) in [7, 11) is 1.61. The van der Waals surface area contributed by atoms with Gasteiger partial charge in [0.2, 0.25) is 5.91 Å². The van der Waals surface area contributed by atoms with E-state index in [4.69, 9.17) is 4.74 Å². The minimum atomic E-state index is 0.0790. The fraction of sp³-hybridized carbons (Fsp3) is 0.500. The summed E-state index contributed by atoms with van der Waals surface area (Å²) in [5, 5.41) is 6.50. The van der Waals surface area contributed by atoms with Crippen LogP contribution in [0.1, 0.15) is 19.3 Å². The van der Waals surface area contributed by atoms with E-state index in [-0.39, 0.29) is 11.8 Å². The topological polar surface area (TPSA) is 50.4 Å². The number of carbonyl (C=O) groups is 1. The molecular formula is C14H16Br2N2O2. The number of anilines is 1. The Bertz CT molecular complexity index is 550. The Morgan fingerprint density at radius 1 is 1.35 bits per heavy atom. The molecule has 3 unspecified atom stereocenters. The van der Waals surface area contributed by atoms with Crippen LogP contribution in [0.5, 0.6) is 5.75 Å². The van der Waals surface area contributed by atoms with Crippen molar-refractivity contribution in [2.45, 2.75) is 31.3 Å². The van der Waals surface area contributed by atoms with Gasteiger partial charge in [0.25, 0.3) is 0 Å². The minimum absolute atomic E-state index is 0.0790. The number of carbonyl (C=O) groups excluding carboxylic acids is 1. The molecule has 2 N–H and O–H groups in total. The number of amides is 1. The first-order valence-corrected chi connectivity index (χ1v) is 8.27. The standard InChI is InChI=1S/C14H16Br2N2O2/c1-20-13-6-12(9(15)5-10(13)16)18-14(19)8-4-7-2-3-11(8)17-7/h5-8,11,17H,2-4H2,1H3,(H,18,19). The number of nitrogens with one attached hydrogen (secondary N) is 2. The molecule has 2 saturated heterocycles. The Hall–Kier alpha value is -0.590. The van der Waals surface area contributed by atoms with Crippen molar-refractivity contribution < 1.29 is 9.53 Å². The molecule has 1 aromatic rings. The number of halogens is 2. The van der Waals surface area contributed by atoms with Gasteiger partial charge in [0.1, 0.15) is 5.75 Å². The van der Waals surface area contributed by atoms with Crippen LogP contribution in [0, 0.1) is 5.92 Å². The number of ether oxygens (including phenoxy) is 1. The third-order valence-corrected chi connectivity index (χ3v) is 5.41. The first-order valence-electron chi connectivity index (χ1n) is 6.68. The average Bonchev–Trinajstić information content (AvgIpc) is 3.04. The molecule has 108 valence electrons. The summed E-state index contributed by atoms with van der Waals surface area (Å²) in [5.41, 5.74) is 0.748.